The summed E-state index contributed by atoms with van der Waals surface area (Å²) in [6.07, 6.45) is 0. The Morgan fingerprint density at radius 1 is 0.493 bits per heavy atom. The molecule has 8 aromatic carbocycles. The van der Waals surface area contributed by atoms with Gasteiger partial charge in [-0.2, -0.15) is 0 Å². The van der Waals surface area contributed by atoms with Gasteiger partial charge in [0.05, 0.1) is 5.69 Å². The van der Waals surface area contributed by atoms with Gasteiger partial charge in [-0.05, 0) is 138 Å². The van der Waals surface area contributed by atoms with E-state index in [1.54, 1.807) is 0 Å². The van der Waals surface area contributed by atoms with Crippen LogP contribution in [0.25, 0.3) is 44.1 Å². The van der Waals surface area contributed by atoms with Gasteiger partial charge in [0.15, 0.2) is 0 Å². The zero-order chi connectivity index (χ0) is 49.4. The lowest BCUT2D eigenvalue weighted by Gasteiger charge is -2.45. The number of allylic oxidation sites excluding steroid dienone is 3. The molecule has 0 amide bonds. The van der Waals surface area contributed by atoms with E-state index in [-0.39, 0.29) is 23.1 Å². The van der Waals surface area contributed by atoms with Crippen molar-refractivity contribution in [2.24, 2.45) is 5.41 Å². The highest BCUT2D eigenvalue weighted by Gasteiger charge is 2.54. The molecular formula is C67H64BN3. The third-order valence-corrected chi connectivity index (χ3v) is 15.7. The molecule has 3 nitrogen and oxygen atoms in total. The maximum Gasteiger partial charge on any atom is 0.333 e. The minimum Gasteiger partial charge on any atom is -0.375 e. The molecule has 71 heavy (non-hydrogen) atoms. The van der Waals surface area contributed by atoms with E-state index in [9.17, 15) is 0 Å². The molecule has 0 bridgehead atoms. The topological polar surface area (TPSA) is 11.4 Å². The van der Waals surface area contributed by atoms with Gasteiger partial charge in [0.2, 0.25) is 0 Å². The molecule has 3 heterocycles. The molecule has 1 aromatic heterocycles. The van der Waals surface area contributed by atoms with Gasteiger partial charge >= 0.3 is 6.85 Å². The number of para-hydroxylation sites is 2. The second-order valence-corrected chi connectivity index (χ2v) is 23.8. The fraction of sp³-hybridized carbons (Fsp3) is 0.224. The smallest absolute Gasteiger partial charge is 0.333 e. The SMILES string of the molecule is CC1(C)C(c2ccccc2)=C(c2ccccc2)C2=C1N(c1ccc(C(C)(C)C)cc1)c1cc(C(C)(C)C)cc3c1B2n1c2cccc(N(c4ccccc4)c4ccccc4)c2c2cc(C(C)(C)C)cc-3c21. The van der Waals surface area contributed by atoms with Crippen LogP contribution < -0.4 is 15.3 Å². The van der Waals surface area contributed by atoms with Crippen LogP contribution in [0.5, 0.6) is 0 Å². The van der Waals surface area contributed by atoms with Crippen molar-refractivity contribution >= 4 is 73.7 Å². The molecule has 0 N–H and O–H groups in total. The van der Waals surface area contributed by atoms with Gasteiger partial charge in [-0.15, -0.1) is 0 Å². The monoisotopic (exact) mass is 922 g/mol. The Bertz CT molecular complexity index is 3590. The van der Waals surface area contributed by atoms with Crippen LogP contribution in [0.3, 0.4) is 0 Å². The molecule has 0 radical (unpaired) electrons. The standard InChI is InChI=1S/C67H64BN3/c1-64(2,3)45-35-37-50(38-36-45)70-56-42-47(66(7,8)9)39-51-52-40-46(65(4,5)6)41-53-58-54(69(48-29-20-14-21-30-48)49-31-22-15-23-32-49)33-24-34-55(58)71(62(52)53)68(60(51)56)61-57(43-25-16-12-17-26-43)59(67(10,11)63(61)70)44-27-18-13-19-28-44/h12-42H,1-11H3. The molecule has 0 fully saturated rings. The first-order valence-electron chi connectivity index (χ1n) is 25.6. The van der Waals surface area contributed by atoms with Gasteiger partial charge in [-0.3, -0.25) is 0 Å². The molecule has 2 aliphatic heterocycles. The third kappa shape index (κ3) is 6.92. The summed E-state index contributed by atoms with van der Waals surface area (Å²) in [5.41, 5.74) is 23.6. The molecule has 0 saturated carbocycles. The van der Waals surface area contributed by atoms with Crippen molar-refractivity contribution in [2.45, 2.75) is 92.4 Å². The summed E-state index contributed by atoms with van der Waals surface area (Å²) in [7, 11) is 0. The molecule has 0 unspecified atom stereocenters. The summed E-state index contributed by atoms with van der Waals surface area (Å²) in [4.78, 5) is 5.17. The van der Waals surface area contributed by atoms with Crippen LogP contribution in [0.15, 0.2) is 199 Å². The summed E-state index contributed by atoms with van der Waals surface area (Å²) < 4.78 is 2.79. The lowest BCUT2D eigenvalue weighted by Crippen LogP contribution is -2.51. The summed E-state index contributed by atoms with van der Waals surface area (Å²) >= 11 is 0. The molecule has 350 valence electrons. The van der Waals surface area contributed by atoms with E-state index < -0.39 is 5.41 Å². The van der Waals surface area contributed by atoms with Crippen molar-refractivity contribution in [3.05, 3.63) is 227 Å². The summed E-state index contributed by atoms with van der Waals surface area (Å²) in [6, 6.07) is 71.2. The summed E-state index contributed by atoms with van der Waals surface area (Å²) in [5, 5.41) is 2.55. The molecule has 0 spiro atoms. The quantitative estimate of drug-likeness (QED) is 0.154. The number of nitrogens with zero attached hydrogens (tertiary/aromatic N) is 3. The van der Waals surface area contributed by atoms with E-state index >= 15 is 0 Å². The minimum absolute atomic E-state index is 0.0151. The number of rotatable bonds is 6. The van der Waals surface area contributed by atoms with Gasteiger partial charge < -0.3 is 14.3 Å². The first-order chi connectivity index (χ1) is 33.9. The van der Waals surface area contributed by atoms with Crippen LogP contribution >= 0.6 is 0 Å². The Labute approximate surface area is 421 Å². The largest absolute Gasteiger partial charge is 0.375 e. The zero-order valence-corrected chi connectivity index (χ0v) is 43.3. The Hall–Kier alpha value is -7.30. The second-order valence-electron chi connectivity index (χ2n) is 23.8. The first-order valence-corrected chi connectivity index (χ1v) is 25.6. The number of anilines is 5. The van der Waals surface area contributed by atoms with Gasteiger partial charge in [0.1, 0.15) is 0 Å². The van der Waals surface area contributed by atoms with Crippen LogP contribution in [0.4, 0.5) is 28.4 Å². The number of fused-ring (bicyclic) bond motifs is 6. The Kier molecular flexibility index (Phi) is 10.0. The van der Waals surface area contributed by atoms with Crippen molar-refractivity contribution in [2.75, 3.05) is 9.80 Å². The second kappa shape index (κ2) is 15.9. The predicted molar refractivity (Wildman–Crippen MR) is 306 cm³/mol. The van der Waals surface area contributed by atoms with E-state index in [1.807, 2.05) is 0 Å². The third-order valence-electron chi connectivity index (χ3n) is 15.7. The van der Waals surface area contributed by atoms with Gasteiger partial charge in [-0.1, -0.05) is 197 Å². The molecule has 1 aliphatic carbocycles. The van der Waals surface area contributed by atoms with E-state index in [4.69, 9.17) is 0 Å². The molecule has 0 atom stereocenters. The lowest BCUT2D eigenvalue weighted by atomic mass is 9.43. The van der Waals surface area contributed by atoms with E-state index in [2.05, 4.69) is 278 Å². The van der Waals surface area contributed by atoms with Crippen LogP contribution in [0.1, 0.15) is 104 Å². The van der Waals surface area contributed by atoms with Gasteiger partial charge in [0.25, 0.3) is 0 Å². The van der Waals surface area contributed by atoms with Crippen molar-refractivity contribution in [3.63, 3.8) is 0 Å². The Balaban J connectivity index is 1.29. The molecule has 9 aromatic rings. The van der Waals surface area contributed by atoms with E-state index in [0.717, 1.165) is 11.4 Å². The fourth-order valence-electron chi connectivity index (χ4n) is 12.3. The maximum atomic E-state index is 2.79. The molecule has 3 aliphatic rings. The number of hydrogen-bond acceptors (Lipinski definition) is 2. The summed E-state index contributed by atoms with van der Waals surface area (Å²) in [5.74, 6) is 0. The minimum atomic E-state index is -0.429. The maximum absolute atomic E-state index is 2.79. The average Bonchev–Trinajstić information content (AvgIpc) is 3.82. The zero-order valence-electron chi connectivity index (χ0n) is 43.3. The normalized spacial score (nSPS) is 15.2. The first kappa shape index (κ1) is 44.9. The average molecular weight is 922 g/mol. The predicted octanol–water partition coefficient (Wildman–Crippen LogP) is 17.5. The van der Waals surface area contributed by atoms with Gasteiger partial charge in [0, 0.05) is 61.2 Å². The highest BCUT2D eigenvalue weighted by atomic mass is 15.2. The van der Waals surface area contributed by atoms with Crippen LogP contribution in [-0.4, -0.2) is 11.3 Å². The summed E-state index contributed by atoms with van der Waals surface area (Å²) in [6.45, 7) is 26.0. The van der Waals surface area contributed by atoms with Gasteiger partial charge in [-0.25, -0.2) is 0 Å². The van der Waals surface area contributed by atoms with Crippen molar-refractivity contribution in [3.8, 4) is 11.1 Å². The Morgan fingerprint density at radius 3 is 1.58 bits per heavy atom. The lowest BCUT2D eigenvalue weighted by molar-refractivity contribution is 0.586. The highest BCUT2D eigenvalue weighted by molar-refractivity contribution is 6.87. The molecule has 12 rings (SSSR count). The molecule has 4 heteroatoms. The van der Waals surface area contributed by atoms with Crippen LogP contribution in [-0.2, 0) is 16.2 Å². The number of hydrogen-bond donors (Lipinski definition) is 0. The fourth-order valence-corrected chi connectivity index (χ4v) is 12.3. The highest BCUT2D eigenvalue weighted by Crippen LogP contribution is 2.62. The Morgan fingerprint density at radius 2 is 1.01 bits per heavy atom. The van der Waals surface area contributed by atoms with Crippen LogP contribution in [0, 0.1) is 5.41 Å². The van der Waals surface area contributed by atoms with Crippen molar-refractivity contribution < 1.29 is 0 Å². The molecule has 0 saturated heterocycles. The molecular weight excluding hydrogens is 858 g/mol. The van der Waals surface area contributed by atoms with Crippen molar-refractivity contribution in [1.82, 2.24) is 4.48 Å². The number of benzene rings is 8. The van der Waals surface area contributed by atoms with Crippen LogP contribution in [0.2, 0.25) is 0 Å². The van der Waals surface area contributed by atoms with E-state index in [0.29, 0.717) is 0 Å². The van der Waals surface area contributed by atoms with Crippen molar-refractivity contribution in [1.29, 1.82) is 0 Å². The number of aromatic nitrogens is 1. The van der Waals surface area contributed by atoms with E-state index in [1.165, 1.54) is 106 Å².